The van der Waals surface area contributed by atoms with Gasteiger partial charge in [0.05, 0.1) is 12.1 Å². The first kappa shape index (κ1) is 11.1. The predicted molar refractivity (Wildman–Crippen MR) is 57.8 cm³/mol. The van der Waals surface area contributed by atoms with Crippen LogP contribution in [0.1, 0.15) is 16.2 Å². The molecule has 0 saturated carbocycles. The van der Waals surface area contributed by atoms with E-state index in [2.05, 4.69) is 15.3 Å². The van der Waals surface area contributed by atoms with E-state index in [1.807, 2.05) is 0 Å². The van der Waals surface area contributed by atoms with Gasteiger partial charge in [0.25, 0.3) is 5.91 Å². The molecule has 0 atom stereocenters. The molecule has 0 fully saturated rings. The van der Waals surface area contributed by atoms with Crippen LogP contribution in [0.15, 0.2) is 30.6 Å². The number of aromatic hydroxyl groups is 1. The number of H-pyrrole nitrogens is 1. The van der Waals surface area contributed by atoms with Crippen LogP contribution >= 0.6 is 0 Å². The molecule has 0 bridgehead atoms. The molecule has 0 unspecified atom stereocenters. The Morgan fingerprint density at radius 1 is 1.53 bits per heavy atom. The number of imidazole rings is 1. The van der Waals surface area contributed by atoms with E-state index in [-0.39, 0.29) is 17.9 Å². The van der Waals surface area contributed by atoms with Crippen molar-refractivity contribution in [3.8, 4) is 5.75 Å². The number of amides is 1. The summed E-state index contributed by atoms with van der Waals surface area (Å²) in [6, 6.07) is 3.20. The van der Waals surface area contributed by atoms with E-state index in [1.165, 1.54) is 0 Å². The summed E-state index contributed by atoms with van der Waals surface area (Å²) in [6.45, 7) is 0.182. The number of carbonyl (C=O) groups is 1. The standard InChI is InChI=1S/C11H10FN3O2/c12-7-1-2-9(16)8(5-7)11(17)15-6-10-13-3-4-14-10/h1-5,16H,6H2,(H,13,14)(H,15,17). The minimum absolute atomic E-state index is 0.100. The lowest BCUT2D eigenvalue weighted by atomic mass is 10.2. The highest BCUT2D eigenvalue weighted by Gasteiger charge is 2.12. The van der Waals surface area contributed by atoms with E-state index in [9.17, 15) is 14.3 Å². The molecular formula is C11H10FN3O2. The van der Waals surface area contributed by atoms with Gasteiger partial charge in [0.1, 0.15) is 17.4 Å². The maximum absolute atomic E-state index is 12.9. The van der Waals surface area contributed by atoms with E-state index in [0.717, 1.165) is 18.2 Å². The fourth-order valence-electron chi connectivity index (χ4n) is 1.34. The second-order valence-corrected chi connectivity index (χ2v) is 3.38. The molecule has 2 rings (SSSR count). The predicted octanol–water partition coefficient (Wildman–Crippen LogP) is 1.18. The van der Waals surface area contributed by atoms with Crippen molar-refractivity contribution in [1.29, 1.82) is 0 Å². The maximum Gasteiger partial charge on any atom is 0.255 e. The zero-order valence-electron chi connectivity index (χ0n) is 8.77. The zero-order chi connectivity index (χ0) is 12.3. The Morgan fingerprint density at radius 3 is 3.06 bits per heavy atom. The first-order chi connectivity index (χ1) is 8.16. The number of phenolic OH excluding ortho intramolecular Hbond substituents is 1. The molecule has 0 radical (unpaired) electrons. The molecule has 0 aliphatic heterocycles. The van der Waals surface area contributed by atoms with Crippen molar-refractivity contribution in [2.75, 3.05) is 0 Å². The summed E-state index contributed by atoms with van der Waals surface area (Å²) in [5, 5.41) is 11.9. The third kappa shape index (κ3) is 2.60. The highest BCUT2D eigenvalue weighted by Crippen LogP contribution is 2.17. The average Bonchev–Trinajstić information content (AvgIpc) is 2.82. The van der Waals surface area contributed by atoms with Crippen LogP contribution in [0.4, 0.5) is 4.39 Å². The molecule has 0 spiro atoms. The number of aromatic amines is 1. The van der Waals surface area contributed by atoms with Crippen molar-refractivity contribution in [1.82, 2.24) is 15.3 Å². The molecule has 17 heavy (non-hydrogen) atoms. The number of hydrogen-bond donors (Lipinski definition) is 3. The first-order valence-corrected chi connectivity index (χ1v) is 4.92. The van der Waals surface area contributed by atoms with Gasteiger partial charge in [0.15, 0.2) is 0 Å². The molecule has 0 aliphatic carbocycles. The SMILES string of the molecule is O=C(NCc1ncc[nH]1)c1cc(F)ccc1O. The van der Waals surface area contributed by atoms with Crippen LogP contribution in [0, 0.1) is 5.82 Å². The van der Waals surface area contributed by atoms with Crippen molar-refractivity contribution in [3.63, 3.8) is 0 Å². The number of halogens is 1. The van der Waals surface area contributed by atoms with Crippen LogP contribution in [-0.4, -0.2) is 21.0 Å². The molecule has 5 nitrogen and oxygen atoms in total. The number of aromatic nitrogens is 2. The third-order valence-electron chi connectivity index (χ3n) is 2.17. The normalized spacial score (nSPS) is 10.2. The quantitative estimate of drug-likeness (QED) is 0.747. The number of nitrogens with zero attached hydrogens (tertiary/aromatic N) is 1. The molecular weight excluding hydrogens is 225 g/mol. The van der Waals surface area contributed by atoms with Crippen molar-refractivity contribution >= 4 is 5.91 Å². The molecule has 1 amide bonds. The third-order valence-corrected chi connectivity index (χ3v) is 2.17. The van der Waals surface area contributed by atoms with E-state index >= 15 is 0 Å². The minimum atomic E-state index is -0.578. The van der Waals surface area contributed by atoms with E-state index in [4.69, 9.17) is 0 Å². The lowest BCUT2D eigenvalue weighted by Gasteiger charge is -2.05. The van der Waals surface area contributed by atoms with E-state index in [1.54, 1.807) is 12.4 Å². The van der Waals surface area contributed by atoms with Crippen molar-refractivity contribution in [2.45, 2.75) is 6.54 Å². The van der Waals surface area contributed by atoms with Crippen LogP contribution in [0.25, 0.3) is 0 Å². The second-order valence-electron chi connectivity index (χ2n) is 3.38. The Hall–Kier alpha value is -2.37. The van der Waals surface area contributed by atoms with Crippen LogP contribution < -0.4 is 5.32 Å². The number of hydrogen-bond acceptors (Lipinski definition) is 3. The molecule has 3 N–H and O–H groups in total. The number of phenols is 1. The summed E-state index contributed by atoms with van der Waals surface area (Å²) in [5.41, 5.74) is -0.100. The number of rotatable bonds is 3. The summed E-state index contributed by atoms with van der Waals surface area (Å²) in [7, 11) is 0. The lowest BCUT2D eigenvalue weighted by Crippen LogP contribution is -2.23. The zero-order valence-corrected chi connectivity index (χ0v) is 8.77. The van der Waals surface area contributed by atoms with E-state index < -0.39 is 11.7 Å². The van der Waals surface area contributed by atoms with Gasteiger partial charge in [-0.1, -0.05) is 0 Å². The van der Waals surface area contributed by atoms with Gasteiger partial charge in [-0.15, -0.1) is 0 Å². The lowest BCUT2D eigenvalue weighted by molar-refractivity contribution is 0.0947. The highest BCUT2D eigenvalue weighted by molar-refractivity contribution is 5.96. The Bertz CT molecular complexity index is 526. The number of carbonyl (C=O) groups excluding carboxylic acids is 1. The van der Waals surface area contributed by atoms with Gasteiger partial charge < -0.3 is 15.4 Å². The minimum Gasteiger partial charge on any atom is -0.507 e. The van der Waals surface area contributed by atoms with Gasteiger partial charge in [0.2, 0.25) is 0 Å². The first-order valence-electron chi connectivity index (χ1n) is 4.92. The smallest absolute Gasteiger partial charge is 0.255 e. The number of benzene rings is 1. The van der Waals surface area contributed by atoms with Gasteiger partial charge in [-0.2, -0.15) is 0 Å². The molecule has 2 aromatic rings. The van der Waals surface area contributed by atoms with Crippen LogP contribution in [-0.2, 0) is 6.54 Å². The van der Waals surface area contributed by atoms with Crippen molar-refractivity contribution in [3.05, 3.63) is 47.8 Å². The van der Waals surface area contributed by atoms with Gasteiger partial charge in [-0.25, -0.2) is 9.37 Å². The Morgan fingerprint density at radius 2 is 2.35 bits per heavy atom. The Labute approximate surface area is 96.3 Å². The van der Waals surface area contributed by atoms with Gasteiger partial charge in [-0.3, -0.25) is 4.79 Å². The second kappa shape index (κ2) is 4.65. The Balaban J connectivity index is 2.07. The fourth-order valence-corrected chi connectivity index (χ4v) is 1.34. The largest absolute Gasteiger partial charge is 0.507 e. The van der Waals surface area contributed by atoms with Gasteiger partial charge >= 0.3 is 0 Å². The highest BCUT2D eigenvalue weighted by atomic mass is 19.1. The van der Waals surface area contributed by atoms with Crippen LogP contribution in [0.5, 0.6) is 5.75 Å². The van der Waals surface area contributed by atoms with Gasteiger partial charge in [0, 0.05) is 12.4 Å². The summed E-state index contributed by atoms with van der Waals surface area (Å²) in [5.74, 6) is -0.818. The fraction of sp³-hybridized carbons (Fsp3) is 0.0909. The summed E-state index contributed by atoms with van der Waals surface area (Å²) < 4.78 is 12.9. The Kier molecular flexibility index (Phi) is 3.04. The molecule has 0 saturated heterocycles. The summed E-state index contributed by atoms with van der Waals surface area (Å²) in [4.78, 5) is 18.4. The molecule has 1 heterocycles. The van der Waals surface area contributed by atoms with Gasteiger partial charge in [-0.05, 0) is 18.2 Å². The average molecular weight is 235 g/mol. The van der Waals surface area contributed by atoms with Crippen LogP contribution in [0.3, 0.4) is 0 Å². The van der Waals surface area contributed by atoms with Crippen molar-refractivity contribution < 1.29 is 14.3 Å². The molecule has 1 aromatic heterocycles. The number of nitrogens with one attached hydrogen (secondary N) is 2. The topological polar surface area (TPSA) is 78.0 Å². The molecule has 88 valence electrons. The van der Waals surface area contributed by atoms with Crippen molar-refractivity contribution in [2.24, 2.45) is 0 Å². The monoisotopic (exact) mass is 235 g/mol. The summed E-state index contributed by atoms with van der Waals surface area (Å²) >= 11 is 0. The van der Waals surface area contributed by atoms with Crippen LogP contribution in [0.2, 0.25) is 0 Å². The molecule has 0 aliphatic rings. The van der Waals surface area contributed by atoms with E-state index in [0.29, 0.717) is 5.82 Å². The maximum atomic E-state index is 12.9. The molecule has 1 aromatic carbocycles. The summed E-state index contributed by atoms with van der Waals surface area (Å²) in [6.07, 6.45) is 3.18. The molecule has 6 heteroatoms.